The minimum Gasteiger partial charge on any atom is -0.493 e. The van der Waals surface area contributed by atoms with Crippen LogP contribution in [0.3, 0.4) is 0 Å². The van der Waals surface area contributed by atoms with Gasteiger partial charge in [-0.1, -0.05) is 24.0 Å². The molecule has 1 fully saturated rings. The second-order valence-corrected chi connectivity index (χ2v) is 7.16. The third kappa shape index (κ3) is 3.35. The van der Waals surface area contributed by atoms with E-state index in [-0.39, 0.29) is 11.2 Å². The van der Waals surface area contributed by atoms with Crippen LogP contribution in [0, 0.1) is 0 Å². The predicted octanol–water partition coefficient (Wildman–Crippen LogP) is 3.26. The Morgan fingerprint density at radius 1 is 1.38 bits per heavy atom. The molecule has 1 saturated heterocycles. The summed E-state index contributed by atoms with van der Waals surface area (Å²) in [5, 5.41) is -0.164. The fourth-order valence-corrected chi connectivity index (χ4v) is 4.53. The standard InChI is InChI=1S/C14H16BrNO3S2/c1-4-16-13(17)11(21-14(16)20)7-8-5-9(15)12(19-3)10(6-8)18-2/h5-6,11H,4,7H2,1-3H3/t11-/m1/s1. The zero-order chi connectivity index (χ0) is 15.6. The maximum Gasteiger partial charge on any atom is 0.241 e. The van der Waals surface area contributed by atoms with Crippen LogP contribution < -0.4 is 9.47 Å². The summed E-state index contributed by atoms with van der Waals surface area (Å²) in [5.41, 5.74) is 1.01. The molecule has 0 N–H and O–H groups in total. The topological polar surface area (TPSA) is 38.8 Å². The number of hydrogen-bond donors (Lipinski definition) is 0. The van der Waals surface area contributed by atoms with Crippen molar-refractivity contribution in [2.24, 2.45) is 0 Å². The normalized spacial score (nSPS) is 18.3. The van der Waals surface area contributed by atoms with Gasteiger partial charge in [0.15, 0.2) is 11.5 Å². The molecule has 1 heterocycles. The molecule has 0 spiro atoms. The van der Waals surface area contributed by atoms with Gasteiger partial charge in [0.25, 0.3) is 0 Å². The van der Waals surface area contributed by atoms with Crippen LogP contribution in [0.1, 0.15) is 12.5 Å². The number of halogens is 1. The first-order valence-electron chi connectivity index (χ1n) is 6.44. The maximum atomic E-state index is 12.3. The highest BCUT2D eigenvalue weighted by Gasteiger charge is 2.35. The van der Waals surface area contributed by atoms with Crippen LogP contribution in [0.15, 0.2) is 16.6 Å². The van der Waals surface area contributed by atoms with E-state index in [9.17, 15) is 4.79 Å². The zero-order valence-corrected chi connectivity index (χ0v) is 15.2. The van der Waals surface area contributed by atoms with Gasteiger partial charge in [-0.3, -0.25) is 9.69 Å². The van der Waals surface area contributed by atoms with Gasteiger partial charge >= 0.3 is 0 Å². The number of carbonyl (C=O) groups excluding carboxylic acids is 1. The van der Waals surface area contributed by atoms with E-state index in [4.69, 9.17) is 21.7 Å². The summed E-state index contributed by atoms with van der Waals surface area (Å²) < 4.78 is 12.1. The molecule has 0 saturated carbocycles. The van der Waals surface area contributed by atoms with Crippen LogP contribution in [0.4, 0.5) is 0 Å². The highest BCUT2D eigenvalue weighted by molar-refractivity contribution is 9.10. The summed E-state index contributed by atoms with van der Waals surface area (Å²) in [6.45, 7) is 2.55. The summed E-state index contributed by atoms with van der Waals surface area (Å²) >= 11 is 10.2. The van der Waals surface area contributed by atoms with Gasteiger partial charge in [0, 0.05) is 6.54 Å². The van der Waals surface area contributed by atoms with Crippen LogP contribution >= 0.6 is 39.9 Å². The van der Waals surface area contributed by atoms with Gasteiger partial charge < -0.3 is 9.47 Å². The Hall–Kier alpha value is -0.790. The molecule has 0 aliphatic carbocycles. The van der Waals surface area contributed by atoms with Crippen molar-refractivity contribution in [3.05, 3.63) is 22.2 Å². The molecule has 0 bridgehead atoms. The highest BCUT2D eigenvalue weighted by atomic mass is 79.9. The summed E-state index contributed by atoms with van der Waals surface area (Å²) in [4.78, 5) is 13.9. The molecule has 114 valence electrons. The molecule has 2 rings (SSSR count). The van der Waals surface area contributed by atoms with Crippen LogP contribution in [0.2, 0.25) is 0 Å². The van der Waals surface area contributed by atoms with Crippen LogP contribution in [0.25, 0.3) is 0 Å². The number of nitrogens with zero attached hydrogens (tertiary/aromatic N) is 1. The molecule has 4 nitrogen and oxygen atoms in total. The minimum atomic E-state index is -0.164. The molecule has 1 amide bonds. The number of amides is 1. The van der Waals surface area contributed by atoms with Crippen molar-refractivity contribution in [1.29, 1.82) is 0 Å². The Bertz CT molecular complexity index is 580. The lowest BCUT2D eigenvalue weighted by Gasteiger charge is -2.14. The number of hydrogen-bond acceptors (Lipinski definition) is 5. The van der Waals surface area contributed by atoms with Gasteiger partial charge in [-0.25, -0.2) is 0 Å². The van der Waals surface area contributed by atoms with Crippen LogP contribution in [-0.4, -0.2) is 41.1 Å². The Morgan fingerprint density at radius 2 is 2.10 bits per heavy atom. The van der Waals surface area contributed by atoms with E-state index in [1.807, 2.05) is 19.1 Å². The van der Waals surface area contributed by atoms with Gasteiger partial charge in [-0.05, 0) is 47.0 Å². The second kappa shape index (κ2) is 6.98. The lowest BCUT2D eigenvalue weighted by Crippen LogP contribution is -2.31. The Morgan fingerprint density at radius 3 is 2.62 bits per heavy atom. The van der Waals surface area contributed by atoms with Crippen LogP contribution in [0.5, 0.6) is 11.5 Å². The number of benzene rings is 1. The molecular formula is C14H16BrNO3S2. The summed E-state index contributed by atoms with van der Waals surface area (Å²) in [7, 11) is 3.19. The van der Waals surface area contributed by atoms with Crippen molar-refractivity contribution in [1.82, 2.24) is 4.90 Å². The van der Waals surface area contributed by atoms with Crippen molar-refractivity contribution >= 4 is 50.1 Å². The van der Waals surface area contributed by atoms with E-state index in [1.54, 1.807) is 19.1 Å². The minimum absolute atomic E-state index is 0.0819. The molecule has 21 heavy (non-hydrogen) atoms. The van der Waals surface area contributed by atoms with Gasteiger partial charge in [-0.15, -0.1) is 0 Å². The molecule has 1 aliphatic heterocycles. The van der Waals surface area contributed by atoms with Crippen molar-refractivity contribution < 1.29 is 14.3 Å². The Kier molecular flexibility index (Phi) is 5.51. The third-order valence-corrected chi connectivity index (χ3v) is 5.41. The first kappa shape index (κ1) is 16.6. The number of rotatable bonds is 5. The van der Waals surface area contributed by atoms with Crippen molar-refractivity contribution in [3.8, 4) is 11.5 Å². The Labute approximate surface area is 142 Å². The maximum absolute atomic E-state index is 12.3. The van der Waals surface area contributed by atoms with E-state index < -0.39 is 0 Å². The molecule has 1 aromatic carbocycles. The van der Waals surface area contributed by atoms with E-state index >= 15 is 0 Å². The Balaban J connectivity index is 2.23. The lowest BCUT2D eigenvalue weighted by molar-refractivity contribution is -0.125. The summed E-state index contributed by atoms with van der Waals surface area (Å²) in [5.74, 6) is 1.38. The van der Waals surface area contributed by atoms with Crippen molar-refractivity contribution in [3.63, 3.8) is 0 Å². The fourth-order valence-electron chi connectivity index (χ4n) is 2.22. The van der Waals surface area contributed by atoms with Gasteiger partial charge in [0.05, 0.1) is 23.9 Å². The number of methoxy groups -OCH3 is 2. The van der Waals surface area contributed by atoms with Crippen molar-refractivity contribution in [2.45, 2.75) is 18.6 Å². The van der Waals surface area contributed by atoms with Crippen LogP contribution in [-0.2, 0) is 11.2 Å². The molecule has 1 aromatic rings. The molecule has 7 heteroatoms. The van der Waals surface area contributed by atoms with E-state index in [0.717, 1.165) is 10.0 Å². The quantitative estimate of drug-likeness (QED) is 0.722. The van der Waals surface area contributed by atoms with E-state index in [2.05, 4.69) is 15.9 Å². The second-order valence-electron chi connectivity index (χ2n) is 4.47. The highest BCUT2D eigenvalue weighted by Crippen LogP contribution is 2.38. The summed E-state index contributed by atoms with van der Waals surface area (Å²) in [6.07, 6.45) is 0.610. The first-order chi connectivity index (χ1) is 10.0. The third-order valence-electron chi connectivity index (χ3n) is 3.24. The van der Waals surface area contributed by atoms with E-state index in [1.165, 1.54) is 11.8 Å². The number of thiocarbonyl (C=S) groups is 1. The van der Waals surface area contributed by atoms with E-state index in [0.29, 0.717) is 28.8 Å². The first-order valence-corrected chi connectivity index (χ1v) is 8.52. The predicted molar refractivity (Wildman–Crippen MR) is 92.3 cm³/mol. The van der Waals surface area contributed by atoms with Crippen molar-refractivity contribution in [2.75, 3.05) is 20.8 Å². The largest absolute Gasteiger partial charge is 0.493 e. The monoisotopic (exact) mass is 389 g/mol. The fraction of sp³-hybridized carbons (Fsp3) is 0.429. The molecule has 1 aliphatic rings. The van der Waals surface area contributed by atoms with Gasteiger partial charge in [-0.2, -0.15) is 0 Å². The smallest absolute Gasteiger partial charge is 0.241 e. The number of ether oxygens (including phenoxy) is 2. The number of thioether (sulfide) groups is 1. The lowest BCUT2D eigenvalue weighted by atomic mass is 10.1. The average molecular weight is 390 g/mol. The average Bonchev–Trinajstić information content (AvgIpc) is 2.72. The van der Waals surface area contributed by atoms with Gasteiger partial charge in [0.2, 0.25) is 5.91 Å². The molecule has 0 unspecified atom stereocenters. The molecule has 0 aromatic heterocycles. The summed E-state index contributed by atoms with van der Waals surface area (Å²) in [6, 6.07) is 3.85. The SMILES string of the molecule is CCN1C(=O)[C@@H](Cc2cc(Br)c(OC)c(OC)c2)SC1=S. The molecule has 1 atom stereocenters. The molecule has 0 radical (unpaired) electrons. The van der Waals surface area contributed by atoms with Gasteiger partial charge in [0.1, 0.15) is 4.32 Å². The molecular weight excluding hydrogens is 374 g/mol. The number of carbonyl (C=O) groups is 1. The zero-order valence-electron chi connectivity index (χ0n) is 12.0.